The lowest BCUT2D eigenvalue weighted by atomic mass is 9.90. The van der Waals surface area contributed by atoms with E-state index in [1.807, 2.05) is 55.5 Å². The van der Waals surface area contributed by atoms with Gasteiger partial charge >= 0.3 is 0 Å². The van der Waals surface area contributed by atoms with E-state index in [0.29, 0.717) is 17.7 Å². The molecular weight excluding hydrogens is 344 g/mol. The van der Waals surface area contributed by atoms with Crippen molar-refractivity contribution >= 4 is 0 Å². The van der Waals surface area contributed by atoms with Crippen molar-refractivity contribution in [2.24, 2.45) is 0 Å². The van der Waals surface area contributed by atoms with Crippen LogP contribution in [0.4, 0.5) is 0 Å². The van der Waals surface area contributed by atoms with E-state index in [-0.39, 0.29) is 0 Å². The van der Waals surface area contributed by atoms with Crippen LogP contribution in [0.15, 0.2) is 60.7 Å². The first kappa shape index (κ1) is 19.2. The van der Waals surface area contributed by atoms with Crippen LogP contribution in [0.5, 0.6) is 5.75 Å². The quantitative estimate of drug-likeness (QED) is 0.528. The number of nitriles is 2. The molecule has 0 atom stereocenters. The molecule has 0 heterocycles. The van der Waals surface area contributed by atoms with E-state index >= 15 is 0 Å². The fourth-order valence-electron chi connectivity index (χ4n) is 3.35. The number of nitrogens with zero attached hydrogens (tertiary/aromatic N) is 2. The Balaban J connectivity index is 2.06. The fourth-order valence-corrected chi connectivity index (χ4v) is 3.35. The van der Waals surface area contributed by atoms with Crippen molar-refractivity contribution in [3.63, 3.8) is 0 Å². The topological polar surface area (TPSA) is 56.8 Å². The Bertz CT molecular complexity index is 950. The summed E-state index contributed by atoms with van der Waals surface area (Å²) in [5.74, 6) is 0.786. The third-order valence-corrected chi connectivity index (χ3v) is 4.71. The summed E-state index contributed by atoms with van der Waals surface area (Å²) in [7, 11) is 0. The molecular formula is C25H22N2O. The van der Waals surface area contributed by atoms with Gasteiger partial charge in [0.05, 0.1) is 17.7 Å². The average molecular weight is 366 g/mol. The highest BCUT2D eigenvalue weighted by Crippen LogP contribution is 2.33. The SMILES string of the molecule is CCCc1ccc(-c2ccc(-c3ccc(OCC)cc3)c(C#N)c2C#N)cc1. The highest BCUT2D eigenvalue weighted by Gasteiger charge is 2.16. The summed E-state index contributed by atoms with van der Waals surface area (Å²) in [6, 6.07) is 24.2. The first-order valence-electron chi connectivity index (χ1n) is 9.51. The summed E-state index contributed by atoms with van der Waals surface area (Å²) in [6.45, 7) is 4.70. The lowest BCUT2D eigenvalue weighted by Gasteiger charge is -2.12. The number of benzene rings is 3. The van der Waals surface area contributed by atoms with Gasteiger partial charge in [0, 0.05) is 11.1 Å². The van der Waals surface area contributed by atoms with Crippen molar-refractivity contribution in [1.29, 1.82) is 10.5 Å². The zero-order chi connectivity index (χ0) is 19.9. The average Bonchev–Trinajstić information content (AvgIpc) is 2.74. The van der Waals surface area contributed by atoms with Gasteiger partial charge in [-0.1, -0.05) is 61.9 Å². The first-order chi connectivity index (χ1) is 13.7. The number of hydrogen-bond acceptors (Lipinski definition) is 3. The lowest BCUT2D eigenvalue weighted by molar-refractivity contribution is 0.340. The van der Waals surface area contributed by atoms with E-state index < -0.39 is 0 Å². The Morgan fingerprint density at radius 3 is 1.64 bits per heavy atom. The predicted octanol–water partition coefficient (Wildman–Crippen LogP) is 6.12. The van der Waals surface area contributed by atoms with Crippen LogP contribution in [0.2, 0.25) is 0 Å². The van der Waals surface area contributed by atoms with Gasteiger partial charge in [0.1, 0.15) is 17.9 Å². The van der Waals surface area contributed by atoms with Crippen LogP contribution in [0.3, 0.4) is 0 Å². The number of rotatable bonds is 6. The van der Waals surface area contributed by atoms with Crippen molar-refractivity contribution < 1.29 is 4.74 Å². The first-order valence-corrected chi connectivity index (χ1v) is 9.51. The molecule has 0 saturated heterocycles. The summed E-state index contributed by atoms with van der Waals surface area (Å²) in [4.78, 5) is 0. The second-order valence-corrected chi connectivity index (χ2v) is 6.54. The molecule has 3 aromatic carbocycles. The van der Waals surface area contributed by atoms with Gasteiger partial charge in [0.15, 0.2) is 0 Å². The van der Waals surface area contributed by atoms with Crippen molar-refractivity contribution in [2.45, 2.75) is 26.7 Å². The molecule has 0 aliphatic heterocycles. The molecule has 3 rings (SSSR count). The zero-order valence-corrected chi connectivity index (χ0v) is 16.2. The molecule has 0 amide bonds. The minimum atomic E-state index is 0.404. The molecule has 0 spiro atoms. The molecule has 0 aliphatic rings. The van der Waals surface area contributed by atoms with Crippen LogP contribution >= 0.6 is 0 Å². The maximum Gasteiger partial charge on any atom is 0.119 e. The summed E-state index contributed by atoms with van der Waals surface area (Å²) in [6.07, 6.45) is 2.13. The summed E-state index contributed by atoms with van der Waals surface area (Å²) < 4.78 is 5.48. The van der Waals surface area contributed by atoms with Gasteiger partial charge < -0.3 is 4.74 Å². The molecule has 138 valence electrons. The van der Waals surface area contributed by atoms with E-state index in [1.54, 1.807) is 0 Å². The Morgan fingerprint density at radius 2 is 1.21 bits per heavy atom. The van der Waals surface area contributed by atoms with E-state index in [2.05, 4.69) is 31.2 Å². The minimum absolute atomic E-state index is 0.404. The maximum absolute atomic E-state index is 9.79. The van der Waals surface area contributed by atoms with Crippen LogP contribution < -0.4 is 4.74 Å². The van der Waals surface area contributed by atoms with E-state index in [9.17, 15) is 10.5 Å². The van der Waals surface area contributed by atoms with Crippen LogP contribution in [-0.4, -0.2) is 6.61 Å². The van der Waals surface area contributed by atoms with E-state index in [1.165, 1.54) is 5.56 Å². The number of ether oxygens (including phenoxy) is 1. The smallest absolute Gasteiger partial charge is 0.119 e. The van der Waals surface area contributed by atoms with Gasteiger partial charge in [-0.25, -0.2) is 0 Å². The third kappa shape index (κ3) is 3.90. The molecule has 0 radical (unpaired) electrons. The van der Waals surface area contributed by atoms with Gasteiger partial charge in [-0.05, 0) is 42.2 Å². The van der Waals surface area contributed by atoms with Gasteiger partial charge in [-0.3, -0.25) is 0 Å². The zero-order valence-electron chi connectivity index (χ0n) is 16.2. The second-order valence-electron chi connectivity index (χ2n) is 6.54. The number of hydrogen-bond donors (Lipinski definition) is 0. The molecule has 3 aromatic rings. The van der Waals surface area contributed by atoms with E-state index in [4.69, 9.17) is 4.74 Å². The molecule has 0 N–H and O–H groups in total. The highest BCUT2D eigenvalue weighted by molar-refractivity contribution is 5.82. The van der Waals surface area contributed by atoms with Gasteiger partial charge in [-0.15, -0.1) is 0 Å². The predicted molar refractivity (Wildman–Crippen MR) is 112 cm³/mol. The monoisotopic (exact) mass is 366 g/mol. The molecule has 0 bridgehead atoms. The molecule has 0 aromatic heterocycles. The molecule has 0 unspecified atom stereocenters. The van der Waals surface area contributed by atoms with Crippen molar-refractivity contribution in [2.75, 3.05) is 6.61 Å². The minimum Gasteiger partial charge on any atom is -0.494 e. The molecule has 3 heteroatoms. The van der Waals surface area contributed by atoms with Gasteiger partial charge in [0.2, 0.25) is 0 Å². The molecule has 0 aliphatic carbocycles. The standard InChI is InChI=1S/C25H22N2O/c1-3-5-18-6-8-19(9-7-18)22-14-15-23(25(17-27)24(22)16-26)20-10-12-21(13-11-20)28-4-2/h6-15H,3-5H2,1-2H3. The van der Waals surface area contributed by atoms with Crippen molar-refractivity contribution in [1.82, 2.24) is 0 Å². The van der Waals surface area contributed by atoms with Crippen LogP contribution in [0, 0.1) is 22.7 Å². The molecule has 0 fully saturated rings. The van der Waals surface area contributed by atoms with Crippen LogP contribution in [0.25, 0.3) is 22.3 Å². The van der Waals surface area contributed by atoms with Crippen molar-refractivity contribution in [3.05, 3.63) is 77.4 Å². The van der Waals surface area contributed by atoms with Crippen molar-refractivity contribution in [3.8, 4) is 40.1 Å². The summed E-state index contributed by atoms with van der Waals surface area (Å²) >= 11 is 0. The molecule has 0 saturated carbocycles. The maximum atomic E-state index is 9.79. The summed E-state index contributed by atoms with van der Waals surface area (Å²) in [5, 5.41) is 19.6. The highest BCUT2D eigenvalue weighted by atomic mass is 16.5. The van der Waals surface area contributed by atoms with E-state index in [0.717, 1.165) is 40.8 Å². The van der Waals surface area contributed by atoms with Gasteiger partial charge in [0.25, 0.3) is 0 Å². The Kier molecular flexibility index (Phi) is 6.10. The van der Waals surface area contributed by atoms with Crippen LogP contribution in [-0.2, 0) is 6.42 Å². The largest absolute Gasteiger partial charge is 0.494 e. The summed E-state index contributed by atoms with van der Waals surface area (Å²) in [5.41, 5.74) is 5.48. The molecule has 3 nitrogen and oxygen atoms in total. The third-order valence-electron chi connectivity index (χ3n) is 4.71. The lowest BCUT2D eigenvalue weighted by Crippen LogP contribution is -1.95. The van der Waals surface area contributed by atoms with Crippen LogP contribution in [0.1, 0.15) is 37.0 Å². The normalized spacial score (nSPS) is 10.1. The second kappa shape index (κ2) is 8.89. The Hall–Kier alpha value is -3.56. The fraction of sp³-hybridized carbons (Fsp3) is 0.200. The van der Waals surface area contributed by atoms with Gasteiger partial charge in [-0.2, -0.15) is 10.5 Å². The molecule has 28 heavy (non-hydrogen) atoms. The number of aryl methyl sites for hydroxylation is 1. The Labute approximate surface area is 166 Å². The Morgan fingerprint density at radius 1 is 0.714 bits per heavy atom.